The van der Waals surface area contributed by atoms with Gasteiger partial charge >= 0.3 is 0 Å². The second kappa shape index (κ2) is 7.01. The Morgan fingerprint density at radius 3 is 2.56 bits per heavy atom. The van der Waals surface area contributed by atoms with Crippen molar-refractivity contribution in [3.63, 3.8) is 0 Å². The highest BCUT2D eigenvalue weighted by Crippen LogP contribution is 2.40. The zero-order chi connectivity index (χ0) is 19.1. The molecule has 1 aromatic carbocycles. The second-order valence-corrected chi connectivity index (χ2v) is 8.21. The minimum absolute atomic E-state index is 0.408. The molecule has 3 aromatic rings. The van der Waals surface area contributed by atoms with Crippen LogP contribution < -0.4 is 11.1 Å². The van der Waals surface area contributed by atoms with Crippen LogP contribution in [0.25, 0.3) is 22.2 Å². The van der Waals surface area contributed by atoms with E-state index in [1.165, 1.54) is 34.9 Å². The summed E-state index contributed by atoms with van der Waals surface area (Å²) in [6.07, 6.45) is 2.44. The van der Waals surface area contributed by atoms with Crippen molar-refractivity contribution in [2.24, 2.45) is 0 Å². The van der Waals surface area contributed by atoms with Crippen molar-refractivity contribution in [1.29, 1.82) is 0 Å². The molecule has 4 N–H and O–H groups in total. The van der Waals surface area contributed by atoms with Gasteiger partial charge in [0.15, 0.2) is 0 Å². The zero-order valence-electron chi connectivity index (χ0n) is 16.8. The van der Waals surface area contributed by atoms with Gasteiger partial charge in [0, 0.05) is 22.2 Å². The number of aromatic amines is 1. The van der Waals surface area contributed by atoms with E-state index in [1.807, 2.05) is 13.8 Å². The smallest absolute Gasteiger partial charge is 0.0625 e. The summed E-state index contributed by atoms with van der Waals surface area (Å²) < 4.78 is 0. The van der Waals surface area contributed by atoms with Gasteiger partial charge in [-0.25, -0.2) is 0 Å². The van der Waals surface area contributed by atoms with Crippen LogP contribution in [-0.2, 0) is 0 Å². The third-order valence-corrected chi connectivity index (χ3v) is 5.90. The number of rotatable bonds is 3. The summed E-state index contributed by atoms with van der Waals surface area (Å²) in [4.78, 5) is 8.19. The lowest BCUT2D eigenvalue weighted by molar-refractivity contribution is 0.460. The summed E-state index contributed by atoms with van der Waals surface area (Å²) in [6.45, 7) is 10.8. The van der Waals surface area contributed by atoms with Crippen LogP contribution in [0.4, 0.5) is 5.69 Å². The molecule has 142 valence electrons. The van der Waals surface area contributed by atoms with Crippen LogP contribution in [0.5, 0.6) is 0 Å². The van der Waals surface area contributed by atoms with E-state index in [0.29, 0.717) is 11.8 Å². The molecule has 0 radical (unpaired) electrons. The van der Waals surface area contributed by atoms with E-state index in [-0.39, 0.29) is 0 Å². The Labute approximate surface area is 161 Å². The molecule has 27 heavy (non-hydrogen) atoms. The molecule has 4 rings (SSSR count). The number of nitrogens with one attached hydrogen (secondary N) is 2. The second-order valence-electron chi connectivity index (χ2n) is 8.21. The highest BCUT2D eigenvalue weighted by molar-refractivity contribution is 5.94. The SMILES string of the molecule is Cc1cc(-c2[nH]c3ccc(C4CCNCC4)cc3c2C(C)C)c(N)c(C)n1. The maximum absolute atomic E-state index is 6.43. The van der Waals surface area contributed by atoms with Gasteiger partial charge in [-0.3, -0.25) is 4.98 Å². The van der Waals surface area contributed by atoms with Gasteiger partial charge in [0.25, 0.3) is 0 Å². The molecule has 1 aliphatic heterocycles. The van der Waals surface area contributed by atoms with Crippen molar-refractivity contribution < 1.29 is 0 Å². The minimum Gasteiger partial charge on any atom is -0.397 e. The normalized spacial score (nSPS) is 15.7. The highest BCUT2D eigenvalue weighted by atomic mass is 14.9. The van der Waals surface area contributed by atoms with E-state index in [9.17, 15) is 0 Å². The number of hydrogen-bond acceptors (Lipinski definition) is 3. The Kier molecular flexibility index (Phi) is 4.68. The largest absolute Gasteiger partial charge is 0.397 e. The molecule has 2 aromatic heterocycles. The van der Waals surface area contributed by atoms with Gasteiger partial charge in [-0.15, -0.1) is 0 Å². The summed E-state index contributed by atoms with van der Waals surface area (Å²) in [6, 6.07) is 9.07. The topological polar surface area (TPSA) is 66.7 Å². The van der Waals surface area contributed by atoms with Gasteiger partial charge in [0.2, 0.25) is 0 Å². The van der Waals surface area contributed by atoms with Crippen LogP contribution in [0.15, 0.2) is 24.3 Å². The molecule has 0 unspecified atom stereocenters. The lowest BCUT2D eigenvalue weighted by Crippen LogP contribution is -2.26. The summed E-state index contributed by atoms with van der Waals surface area (Å²) in [5.74, 6) is 1.06. The average molecular weight is 363 g/mol. The molecule has 0 bridgehead atoms. The van der Waals surface area contributed by atoms with Crippen LogP contribution in [-0.4, -0.2) is 23.1 Å². The quantitative estimate of drug-likeness (QED) is 0.613. The van der Waals surface area contributed by atoms with Gasteiger partial charge in [0.1, 0.15) is 0 Å². The van der Waals surface area contributed by atoms with E-state index in [0.717, 1.165) is 41.4 Å². The molecule has 0 saturated carbocycles. The number of aromatic nitrogens is 2. The first kappa shape index (κ1) is 18.1. The summed E-state index contributed by atoms with van der Waals surface area (Å²) in [7, 11) is 0. The molecular weight excluding hydrogens is 332 g/mol. The molecule has 1 saturated heterocycles. The number of benzene rings is 1. The monoisotopic (exact) mass is 362 g/mol. The van der Waals surface area contributed by atoms with Gasteiger partial charge in [0.05, 0.1) is 17.1 Å². The number of piperidine rings is 1. The van der Waals surface area contributed by atoms with Crippen molar-refractivity contribution >= 4 is 16.6 Å². The number of aryl methyl sites for hydroxylation is 2. The molecule has 0 atom stereocenters. The zero-order valence-corrected chi connectivity index (χ0v) is 16.8. The van der Waals surface area contributed by atoms with Crippen LogP contribution in [0.3, 0.4) is 0 Å². The highest BCUT2D eigenvalue weighted by Gasteiger charge is 2.21. The number of pyridine rings is 1. The van der Waals surface area contributed by atoms with E-state index in [1.54, 1.807) is 0 Å². The third kappa shape index (κ3) is 3.23. The van der Waals surface area contributed by atoms with Crippen molar-refractivity contribution in [3.8, 4) is 11.3 Å². The van der Waals surface area contributed by atoms with E-state index in [2.05, 4.69) is 53.4 Å². The van der Waals surface area contributed by atoms with Gasteiger partial charge in [-0.05, 0) is 80.9 Å². The summed E-state index contributed by atoms with van der Waals surface area (Å²) in [5.41, 5.74) is 15.3. The fourth-order valence-electron chi connectivity index (χ4n) is 4.50. The van der Waals surface area contributed by atoms with Crippen molar-refractivity contribution in [2.45, 2.75) is 52.4 Å². The van der Waals surface area contributed by atoms with Crippen molar-refractivity contribution in [2.75, 3.05) is 18.8 Å². The van der Waals surface area contributed by atoms with E-state index >= 15 is 0 Å². The Hall–Kier alpha value is -2.33. The lowest BCUT2D eigenvalue weighted by Gasteiger charge is -2.23. The molecular formula is C23H30N4. The van der Waals surface area contributed by atoms with Gasteiger partial charge in [-0.1, -0.05) is 19.9 Å². The van der Waals surface area contributed by atoms with Crippen LogP contribution >= 0.6 is 0 Å². The maximum atomic E-state index is 6.43. The number of hydrogen-bond donors (Lipinski definition) is 3. The Balaban J connectivity index is 1.90. The predicted octanol–water partition coefficient (Wildman–Crippen LogP) is 5.02. The van der Waals surface area contributed by atoms with Gasteiger partial charge in [-0.2, -0.15) is 0 Å². The predicted molar refractivity (Wildman–Crippen MR) is 114 cm³/mol. The maximum Gasteiger partial charge on any atom is 0.0625 e. The molecule has 4 nitrogen and oxygen atoms in total. The van der Waals surface area contributed by atoms with Gasteiger partial charge < -0.3 is 16.0 Å². The number of fused-ring (bicyclic) bond motifs is 1. The fraction of sp³-hybridized carbons (Fsp3) is 0.435. The molecule has 4 heteroatoms. The van der Waals surface area contributed by atoms with E-state index < -0.39 is 0 Å². The molecule has 0 aliphatic carbocycles. The van der Waals surface area contributed by atoms with Crippen LogP contribution in [0.2, 0.25) is 0 Å². The Morgan fingerprint density at radius 2 is 1.85 bits per heavy atom. The molecule has 1 fully saturated rings. The Morgan fingerprint density at radius 1 is 1.11 bits per heavy atom. The first-order chi connectivity index (χ1) is 13.0. The molecule has 0 amide bonds. The number of anilines is 1. The minimum atomic E-state index is 0.408. The van der Waals surface area contributed by atoms with Crippen LogP contribution in [0.1, 0.15) is 61.0 Å². The Bertz CT molecular complexity index is 978. The number of H-pyrrole nitrogens is 1. The number of nitrogens with two attached hydrogens (primary N) is 1. The standard InChI is InChI=1S/C23H30N4/c1-13(2)21-18-12-17(16-7-9-25-10-8-16)5-6-20(18)27-23(21)19-11-14(3)26-15(4)22(19)24/h5-6,11-13,16,25,27H,7-10,24H2,1-4H3. The lowest BCUT2D eigenvalue weighted by atomic mass is 9.88. The summed E-state index contributed by atoms with van der Waals surface area (Å²) >= 11 is 0. The number of nitrogen functional groups attached to an aromatic ring is 1. The molecule has 3 heterocycles. The van der Waals surface area contributed by atoms with E-state index in [4.69, 9.17) is 5.73 Å². The number of nitrogens with zero attached hydrogens (tertiary/aromatic N) is 1. The first-order valence-electron chi connectivity index (χ1n) is 10.1. The van der Waals surface area contributed by atoms with Crippen molar-refractivity contribution in [1.82, 2.24) is 15.3 Å². The first-order valence-corrected chi connectivity index (χ1v) is 10.1. The van der Waals surface area contributed by atoms with Crippen LogP contribution in [0, 0.1) is 13.8 Å². The third-order valence-electron chi connectivity index (χ3n) is 5.90. The van der Waals surface area contributed by atoms with Crippen molar-refractivity contribution in [3.05, 3.63) is 46.8 Å². The molecule has 0 spiro atoms. The average Bonchev–Trinajstić information content (AvgIpc) is 3.04. The summed E-state index contributed by atoms with van der Waals surface area (Å²) in [5, 5.41) is 4.80. The fourth-order valence-corrected chi connectivity index (χ4v) is 4.50. The molecule has 1 aliphatic rings.